The number of hydrogen-bond acceptors (Lipinski definition) is 1. The van der Waals surface area contributed by atoms with E-state index in [0.717, 1.165) is 25.8 Å². The van der Waals surface area contributed by atoms with Crippen LogP contribution in [0.1, 0.15) is 83.5 Å². The topological polar surface area (TPSA) is 29.1 Å². The van der Waals surface area contributed by atoms with E-state index in [1.165, 1.54) is 64.2 Å². The SMILES string of the molecule is O=C1CCCCCCCC/C=C\CCCCCCN1. The maximum atomic E-state index is 11.6. The molecule has 2 heteroatoms. The second-order valence-electron chi connectivity index (χ2n) is 5.68. The zero-order chi connectivity index (χ0) is 13.6. The van der Waals surface area contributed by atoms with Crippen molar-refractivity contribution in [2.75, 3.05) is 6.54 Å². The third-order valence-corrected chi connectivity index (χ3v) is 3.81. The van der Waals surface area contributed by atoms with Crippen LogP contribution in [0.2, 0.25) is 0 Å². The van der Waals surface area contributed by atoms with Crippen molar-refractivity contribution in [1.29, 1.82) is 0 Å². The minimum Gasteiger partial charge on any atom is -0.356 e. The molecule has 0 atom stereocenters. The summed E-state index contributed by atoms with van der Waals surface area (Å²) < 4.78 is 0. The molecule has 0 aromatic rings. The van der Waals surface area contributed by atoms with Crippen molar-refractivity contribution < 1.29 is 4.79 Å². The third-order valence-electron chi connectivity index (χ3n) is 3.81. The summed E-state index contributed by atoms with van der Waals surface area (Å²) in [6.45, 7) is 0.870. The Balaban J connectivity index is 2.16. The van der Waals surface area contributed by atoms with E-state index in [-0.39, 0.29) is 5.91 Å². The van der Waals surface area contributed by atoms with E-state index in [2.05, 4.69) is 17.5 Å². The van der Waals surface area contributed by atoms with Gasteiger partial charge in [-0.05, 0) is 38.5 Å². The fourth-order valence-electron chi connectivity index (χ4n) is 2.55. The van der Waals surface area contributed by atoms with Gasteiger partial charge in [-0.3, -0.25) is 4.79 Å². The Morgan fingerprint density at radius 3 is 1.89 bits per heavy atom. The number of allylic oxidation sites excluding steroid dienone is 2. The smallest absolute Gasteiger partial charge is 0.219 e. The number of nitrogens with one attached hydrogen (secondary N) is 1. The van der Waals surface area contributed by atoms with Crippen LogP contribution < -0.4 is 5.32 Å². The summed E-state index contributed by atoms with van der Waals surface area (Å²) in [6.07, 6.45) is 20.5. The zero-order valence-electron chi connectivity index (χ0n) is 12.5. The lowest BCUT2D eigenvalue weighted by Crippen LogP contribution is -2.23. The minimum absolute atomic E-state index is 0.254. The van der Waals surface area contributed by atoms with Crippen molar-refractivity contribution in [1.82, 2.24) is 5.32 Å². The molecule has 0 saturated heterocycles. The first-order valence-corrected chi connectivity index (χ1v) is 8.31. The standard InChI is InChI=1S/C17H31NO/c19-17-15-13-11-9-7-5-3-1-2-4-6-8-10-12-14-16-18-17/h2,4H,1,3,5-16H2,(H,18,19)/b4-2-. The molecule has 110 valence electrons. The Hall–Kier alpha value is -0.790. The molecule has 0 bridgehead atoms. The van der Waals surface area contributed by atoms with Gasteiger partial charge in [0, 0.05) is 13.0 Å². The fourth-order valence-corrected chi connectivity index (χ4v) is 2.55. The highest BCUT2D eigenvalue weighted by atomic mass is 16.1. The molecule has 1 heterocycles. The molecule has 0 saturated carbocycles. The van der Waals surface area contributed by atoms with E-state index in [1.807, 2.05) is 0 Å². The van der Waals surface area contributed by atoms with E-state index in [0.29, 0.717) is 0 Å². The van der Waals surface area contributed by atoms with Crippen molar-refractivity contribution in [3.8, 4) is 0 Å². The molecule has 0 aromatic carbocycles. The van der Waals surface area contributed by atoms with E-state index >= 15 is 0 Å². The van der Waals surface area contributed by atoms with Gasteiger partial charge in [-0.15, -0.1) is 0 Å². The summed E-state index contributed by atoms with van der Waals surface area (Å²) in [5.41, 5.74) is 0. The van der Waals surface area contributed by atoms with Gasteiger partial charge in [-0.25, -0.2) is 0 Å². The molecule has 0 spiro atoms. The first-order valence-electron chi connectivity index (χ1n) is 8.31. The number of carbonyl (C=O) groups is 1. The third kappa shape index (κ3) is 10.8. The van der Waals surface area contributed by atoms with Gasteiger partial charge < -0.3 is 5.32 Å². The van der Waals surface area contributed by atoms with Crippen LogP contribution in [0, 0.1) is 0 Å². The lowest BCUT2D eigenvalue weighted by Gasteiger charge is -2.05. The Morgan fingerprint density at radius 1 is 0.684 bits per heavy atom. The molecule has 1 N–H and O–H groups in total. The summed E-state index contributed by atoms with van der Waals surface area (Å²) in [5, 5.41) is 3.03. The van der Waals surface area contributed by atoms with Crippen molar-refractivity contribution in [3.63, 3.8) is 0 Å². The van der Waals surface area contributed by atoms with Gasteiger partial charge in [0.05, 0.1) is 0 Å². The molecule has 1 amide bonds. The molecule has 0 unspecified atom stereocenters. The van der Waals surface area contributed by atoms with Crippen LogP contribution in [0.25, 0.3) is 0 Å². The number of carbonyl (C=O) groups excluding carboxylic acids is 1. The number of hydrogen-bond donors (Lipinski definition) is 1. The van der Waals surface area contributed by atoms with Gasteiger partial charge >= 0.3 is 0 Å². The fraction of sp³-hybridized carbons (Fsp3) is 0.824. The van der Waals surface area contributed by atoms with E-state index in [9.17, 15) is 4.79 Å². The largest absolute Gasteiger partial charge is 0.356 e. The van der Waals surface area contributed by atoms with Crippen LogP contribution in [-0.4, -0.2) is 12.5 Å². The van der Waals surface area contributed by atoms with Crippen molar-refractivity contribution >= 4 is 5.91 Å². The summed E-state index contributed by atoms with van der Waals surface area (Å²) in [6, 6.07) is 0. The molecule has 0 aromatic heterocycles. The van der Waals surface area contributed by atoms with Gasteiger partial charge in [0.25, 0.3) is 0 Å². The van der Waals surface area contributed by atoms with Crippen LogP contribution in [0.4, 0.5) is 0 Å². The van der Waals surface area contributed by atoms with Crippen LogP contribution in [0.5, 0.6) is 0 Å². The Bertz CT molecular complexity index is 248. The van der Waals surface area contributed by atoms with Gasteiger partial charge in [-0.2, -0.15) is 0 Å². The van der Waals surface area contributed by atoms with Crippen molar-refractivity contribution in [2.45, 2.75) is 83.5 Å². The summed E-state index contributed by atoms with van der Waals surface area (Å²) in [7, 11) is 0. The predicted octanol–water partition coefficient (Wildman–Crippen LogP) is 4.74. The van der Waals surface area contributed by atoms with Crippen molar-refractivity contribution in [3.05, 3.63) is 12.2 Å². The minimum atomic E-state index is 0.254. The lowest BCUT2D eigenvalue weighted by atomic mass is 10.1. The van der Waals surface area contributed by atoms with Crippen LogP contribution >= 0.6 is 0 Å². The monoisotopic (exact) mass is 265 g/mol. The molecule has 1 aliphatic heterocycles. The normalized spacial score (nSPS) is 23.9. The molecule has 2 nitrogen and oxygen atoms in total. The van der Waals surface area contributed by atoms with Crippen molar-refractivity contribution in [2.24, 2.45) is 0 Å². The van der Waals surface area contributed by atoms with E-state index < -0.39 is 0 Å². The summed E-state index contributed by atoms with van der Waals surface area (Å²) >= 11 is 0. The second-order valence-corrected chi connectivity index (χ2v) is 5.68. The van der Waals surface area contributed by atoms with E-state index in [4.69, 9.17) is 0 Å². The molecule has 1 rings (SSSR count). The number of amides is 1. The number of rotatable bonds is 0. The molecule has 0 radical (unpaired) electrons. The highest BCUT2D eigenvalue weighted by molar-refractivity contribution is 5.75. The van der Waals surface area contributed by atoms with Crippen LogP contribution in [0.3, 0.4) is 0 Å². The zero-order valence-corrected chi connectivity index (χ0v) is 12.5. The average Bonchev–Trinajstić information content (AvgIpc) is 2.41. The van der Waals surface area contributed by atoms with Gasteiger partial charge in [0.2, 0.25) is 5.91 Å². The lowest BCUT2D eigenvalue weighted by molar-refractivity contribution is -0.121. The van der Waals surface area contributed by atoms with Gasteiger partial charge in [-0.1, -0.05) is 50.7 Å². The Kier molecular flexibility index (Phi) is 10.5. The highest BCUT2D eigenvalue weighted by Gasteiger charge is 2.00. The molecule has 0 aliphatic carbocycles. The molecular weight excluding hydrogens is 234 g/mol. The maximum Gasteiger partial charge on any atom is 0.219 e. The second kappa shape index (κ2) is 12.3. The Labute approximate surface area is 119 Å². The molecule has 19 heavy (non-hydrogen) atoms. The molecular formula is C17H31NO. The van der Waals surface area contributed by atoms with Gasteiger partial charge in [0.15, 0.2) is 0 Å². The van der Waals surface area contributed by atoms with E-state index in [1.54, 1.807) is 0 Å². The quantitative estimate of drug-likeness (QED) is 0.629. The molecule has 0 fully saturated rings. The maximum absolute atomic E-state index is 11.6. The highest BCUT2D eigenvalue weighted by Crippen LogP contribution is 2.10. The first-order chi connectivity index (χ1) is 9.39. The average molecular weight is 265 g/mol. The Morgan fingerprint density at radius 2 is 1.21 bits per heavy atom. The van der Waals surface area contributed by atoms with Crippen LogP contribution in [0.15, 0.2) is 12.2 Å². The van der Waals surface area contributed by atoms with Crippen LogP contribution in [-0.2, 0) is 4.79 Å². The first kappa shape index (κ1) is 16.3. The summed E-state index contributed by atoms with van der Waals surface area (Å²) in [4.78, 5) is 11.6. The molecule has 1 aliphatic rings. The predicted molar refractivity (Wildman–Crippen MR) is 82.2 cm³/mol. The summed E-state index contributed by atoms with van der Waals surface area (Å²) in [5.74, 6) is 0.254. The van der Waals surface area contributed by atoms with Gasteiger partial charge in [0.1, 0.15) is 0 Å².